The number of aliphatic hydroxyl groups excluding tert-OH is 1. The number of aryl methyl sites for hydroxylation is 1. The maximum atomic E-state index is 8.63. The Kier molecular flexibility index (Phi) is 4.20. The Morgan fingerprint density at radius 1 is 1.39 bits per heavy atom. The highest BCUT2D eigenvalue weighted by Gasteiger charge is 1.99. The molecule has 2 aromatic rings. The molecule has 5 nitrogen and oxygen atoms in total. The molecule has 0 saturated carbocycles. The van der Waals surface area contributed by atoms with E-state index in [4.69, 9.17) is 9.84 Å². The van der Waals surface area contributed by atoms with Gasteiger partial charge in [0.2, 0.25) is 5.88 Å². The van der Waals surface area contributed by atoms with E-state index in [1.54, 1.807) is 12.3 Å². The summed E-state index contributed by atoms with van der Waals surface area (Å²) in [4.78, 5) is 4.14. The minimum Gasteiger partial charge on any atom is -0.475 e. The van der Waals surface area contributed by atoms with Crippen molar-refractivity contribution in [3.05, 3.63) is 42.4 Å². The second kappa shape index (κ2) is 6.07. The van der Waals surface area contributed by atoms with Gasteiger partial charge in [0.1, 0.15) is 6.61 Å². The number of nitrogens with zero attached hydrogens (tertiary/aromatic N) is 2. The topological polar surface area (TPSA) is 59.3 Å². The Bertz CT molecular complexity index is 479. The summed E-state index contributed by atoms with van der Waals surface area (Å²) in [5.41, 5.74) is 2.14. The molecule has 0 aliphatic carbocycles. The van der Waals surface area contributed by atoms with E-state index in [9.17, 15) is 0 Å². The van der Waals surface area contributed by atoms with E-state index < -0.39 is 0 Å². The number of nitrogens with one attached hydrogen (secondary N) is 1. The van der Waals surface area contributed by atoms with Gasteiger partial charge in [0, 0.05) is 25.0 Å². The van der Waals surface area contributed by atoms with Crippen LogP contribution in [0.4, 0.5) is 5.69 Å². The van der Waals surface area contributed by atoms with E-state index in [1.807, 2.05) is 25.4 Å². The summed E-state index contributed by atoms with van der Waals surface area (Å²) < 4.78 is 7.26. The van der Waals surface area contributed by atoms with E-state index in [0.717, 1.165) is 12.2 Å². The molecule has 0 aliphatic rings. The smallest absolute Gasteiger partial charge is 0.213 e. The van der Waals surface area contributed by atoms with Gasteiger partial charge in [0.05, 0.1) is 25.0 Å². The molecule has 0 unspecified atom stereocenters. The second-order valence-electron chi connectivity index (χ2n) is 3.92. The van der Waals surface area contributed by atoms with Crippen LogP contribution in [0.3, 0.4) is 0 Å². The average molecular weight is 247 g/mol. The van der Waals surface area contributed by atoms with Gasteiger partial charge in [-0.3, -0.25) is 0 Å². The van der Waals surface area contributed by atoms with Gasteiger partial charge in [-0.1, -0.05) is 0 Å². The van der Waals surface area contributed by atoms with Crippen LogP contribution in [0.5, 0.6) is 5.88 Å². The molecule has 0 saturated heterocycles. The summed E-state index contributed by atoms with van der Waals surface area (Å²) in [5, 5.41) is 11.9. The highest BCUT2D eigenvalue weighted by molar-refractivity contribution is 5.42. The number of anilines is 1. The fourth-order valence-electron chi connectivity index (χ4n) is 1.59. The lowest BCUT2D eigenvalue weighted by atomic mass is 10.3. The van der Waals surface area contributed by atoms with Gasteiger partial charge in [-0.05, 0) is 18.2 Å². The van der Waals surface area contributed by atoms with Crippen LogP contribution in [0, 0.1) is 0 Å². The first kappa shape index (κ1) is 12.4. The van der Waals surface area contributed by atoms with Crippen LogP contribution in [0.2, 0.25) is 0 Å². The van der Waals surface area contributed by atoms with Crippen molar-refractivity contribution in [3.63, 3.8) is 0 Å². The standard InChI is InChI=1S/C13H17N3O2/c1-16-6-2-3-12(16)10-14-11-4-5-13(15-9-11)18-8-7-17/h2-6,9,14,17H,7-8,10H2,1H3. The number of hydrogen-bond acceptors (Lipinski definition) is 4. The molecular formula is C13H17N3O2. The predicted molar refractivity (Wildman–Crippen MR) is 69.6 cm³/mol. The first-order chi connectivity index (χ1) is 8.79. The van der Waals surface area contributed by atoms with E-state index in [0.29, 0.717) is 5.88 Å². The summed E-state index contributed by atoms with van der Waals surface area (Å²) in [7, 11) is 2.01. The number of hydrogen-bond donors (Lipinski definition) is 2. The van der Waals surface area contributed by atoms with Crippen molar-refractivity contribution >= 4 is 5.69 Å². The predicted octanol–water partition coefficient (Wildman–Crippen LogP) is 1.40. The van der Waals surface area contributed by atoms with Crippen LogP contribution < -0.4 is 10.1 Å². The van der Waals surface area contributed by atoms with Crippen molar-refractivity contribution in [2.45, 2.75) is 6.54 Å². The van der Waals surface area contributed by atoms with Gasteiger partial charge < -0.3 is 19.7 Å². The lowest BCUT2D eigenvalue weighted by Gasteiger charge is -2.08. The Labute approximate surface area is 106 Å². The van der Waals surface area contributed by atoms with E-state index >= 15 is 0 Å². The molecule has 2 heterocycles. The zero-order chi connectivity index (χ0) is 12.8. The van der Waals surface area contributed by atoms with Crippen molar-refractivity contribution < 1.29 is 9.84 Å². The first-order valence-corrected chi connectivity index (χ1v) is 5.83. The summed E-state index contributed by atoms with van der Waals surface area (Å²) in [6.07, 6.45) is 3.73. The zero-order valence-corrected chi connectivity index (χ0v) is 10.3. The highest BCUT2D eigenvalue weighted by atomic mass is 16.5. The van der Waals surface area contributed by atoms with Crippen molar-refractivity contribution in [3.8, 4) is 5.88 Å². The van der Waals surface area contributed by atoms with E-state index in [-0.39, 0.29) is 13.2 Å². The number of pyridine rings is 1. The SMILES string of the molecule is Cn1cccc1CNc1ccc(OCCO)nc1. The van der Waals surface area contributed by atoms with Crippen LogP contribution in [-0.4, -0.2) is 27.9 Å². The van der Waals surface area contributed by atoms with Crippen molar-refractivity contribution in [2.75, 3.05) is 18.5 Å². The normalized spacial score (nSPS) is 10.3. The number of rotatable bonds is 6. The third-order valence-corrected chi connectivity index (χ3v) is 2.60. The summed E-state index contributed by atoms with van der Waals surface area (Å²) in [5.74, 6) is 0.522. The molecule has 96 valence electrons. The molecule has 2 N–H and O–H groups in total. The van der Waals surface area contributed by atoms with Crippen molar-refractivity contribution in [2.24, 2.45) is 7.05 Å². The minimum absolute atomic E-state index is 0.00479. The molecule has 0 fully saturated rings. The lowest BCUT2D eigenvalue weighted by molar-refractivity contribution is 0.196. The molecule has 18 heavy (non-hydrogen) atoms. The van der Waals surface area contributed by atoms with Gasteiger partial charge in [-0.15, -0.1) is 0 Å². The van der Waals surface area contributed by atoms with Gasteiger partial charge >= 0.3 is 0 Å². The van der Waals surface area contributed by atoms with Gasteiger partial charge in [0.15, 0.2) is 0 Å². The molecule has 0 aromatic carbocycles. The largest absolute Gasteiger partial charge is 0.475 e. The molecule has 2 rings (SSSR count). The molecule has 0 aliphatic heterocycles. The van der Waals surface area contributed by atoms with Crippen molar-refractivity contribution in [1.29, 1.82) is 0 Å². The molecule has 0 amide bonds. The lowest BCUT2D eigenvalue weighted by Crippen LogP contribution is -2.05. The number of ether oxygens (including phenoxy) is 1. The average Bonchev–Trinajstić information content (AvgIpc) is 2.81. The molecule has 0 atom stereocenters. The quantitative estimate of drug-likeness (QED) is 0.810. The number of aliphatic hydroxyl groups is 1. The fraction of sp³-hybridized carbons (Fsp3) is 0.308. The monoisotopic (exact) mass is 247 g/mol. The third kappa shape index (κ3) is 3.24. The second-order valence-corrected chi connectivity index (χ2v) is 3.92. The van der Waals surface area contributed by atoms with E-state index in [2.05, 4.69) is 20.9 Å². The zero-order valence-electron chi connectivity index (χ0n) is 10.3. The third-order valence-electron chi connectivity index (χ3n) is 2.60. The first-order valence-electron chi connectivity index (χ1n) is 5.83. The Balaban J connectivity index is 1.88. The molecule has 2 aromatic heterocycles. The summed E-state index contributed by atoms with van der Waals surface area (Å²) in [6.45, 7) is 1.01. The van der Waals surface area contributed by atoms with Crippen LogP contribution in [0.15, 0.2) is 36.7 Å². The maximum absolute atomic E-state index is 8.63. The van der Waals surface area contributed by atoms with Crippen LogP contribution in [-0.2, 0) is 13.6 Å². The minimum atomic E-state index is -0.00479. The number of aromatic nitrogens is 2. The molecular weight excluding hydrogens is 230 g/mol. The molecule has 5 heteroatoms. The summed E-state index contributed by atoms with van der Waals surface area (Å²) >= 11 is 0. The van der Waals surface area contributed by atoms with Crippen LogP contribution >= 0.6 is 0 Å². The van der Waals surface area contributed by atoms with E-state index in [1.165, 1.54) is 5.69 Å². The highest BCUT2D eigenvalue weighted by Crippen LogP contribution is 2.12. The summed E-state index contributed by atoms with van der Waals surface area (Å²) in [6, 6.07) is 7.77. The molecule has 0 bridgehead atoms. The van der Waals surface area contributed by atoms with Crippen LogP contribution in [0.25, 0.3) is 0 Å². The van der Waals surface area contributed by atoms with Gasteiger partial charge in [0.25, 0.3) is 0 Å². The van der Waals surface area contributed by atoms with Gasteiger partial charge in [-0.2, -0.15) is 0 Å². The Morgan fingerprint density at radius 2 is 2.28 bits per heavy atom. The maximum Gasteiger partial charge on any atom is 0.213 e. The molecule has 0 radical (unpaired) electrons. The molecule has 0 spiro atoms. The Hall–Kier alpha value is -2.01. The van der Waals surface area contributed by atoms with Crippen molar-refractivity contribution in [1.82, 2.24) is 9.55 Å². The fourth-order valence-corrected chi connectivity index (χ4v) is 1.59. The van der Waals surface area contributed by atoms with Gasteiger partial charge in [-0.25, -0.2) is 4.98 Å². The Morgan fingerprint density at radius 3 is 2.89 bits per heavy atom. The van der Waals surface area contributed by atoms with Crippen LogP contribution in [0.1, 0.15) is 5.69 Å².